The molecule has 4 rings (SSSR count). The molecule has 0 saturated heterocycles. The van der Waals surface area contributed by atoms with Crippen LogP contribution < -0.4 is 5.56 Å². The summed E-state index contributed by atoms with van der Waals surface area (Å²) in [5.74, 6) is 2.24. The first-order valence-corrected chi connectivity index (χ1v) is 9.30. The lowest BCUT2D eigenvalue weighted by molar-refractivity contribution is 0.591. The summed E-state index contributed by atoms with van der Waals surface area (Å²) in [5.41, 5.74) is 0.483. The average molecular weight is 362 g/mol. The van der Waals surface area contributed by atoms with E-state index in [0.29, 0.717) is 27.5 Å². The Morgan fingerprint density at radius 2 is 2.17 bits per heavy atom. The third-order valence-electron chi connectivity index (χ3n) is 4.13. The predicted octanol–water partition coefficient (Wildman–Crippen LogP) is 3.19. The maximum absolute atomic E-state index is 12.2. The van der Waals surface area contributed by atoms with Gasteiger partial charge in [0, 0.05) is 18.0 Å². The summed E-state index contributed by atoms with van der Waals surface area (Å²) in [6.07, 6.45) is 4.55. The second-order valence-corrected chi connectivity index (χ2v) is 7.20. The maximum Gasteiger partial charge on any atom is 0.258 e. The molecule has 1 aromatic carbocycles. The van der Waals surface area contributed by atoms with Gasteiger partial charge in [-0.2, -0.15) is 0 Å². The lowest BCUT2D eigenvalue weighted by atomic mass is 10.2. The van der Waals surface area contributed by atoms with Crippen LogP contribution in [0.3, 0.4) is 0 Å². The average Bonchev–Trinajstić information content (AvgIpc) is 2.80. The van der Waals surface area contributed by atoms with Gasteiger partial charge in [0.15, 0.2) is 5.16 Å². The number of nitrogens with zero attached hydrogens (tertiary/aromatic N) is 4. The fourth-order valence-corrected chi connectivity index (χ4v) is 3.95. The van der Waals surface area contributed by atoms with Gasteiger partial charge in [0.25, 0.3) is 5.56 Å². The van der Waals surface area contributed by atoms with Crippen molar-refractivity contribution in [3.8, 4) is 0 Å². The van der Waals surface area contributed by atoms with E-state index in [1.165, 1.54) is 12.8 Å². The van der Waals surface area contributed by atoms with Crippen molar-refractivity contribution in [2.45, 2.75) is 43.1 Å². The molecule has 0 amide bonds. The molecule has 2 aromatic heterocycles. The minimum atomic E-state index is -0.168. The van der Waals surface area contributed by atoms with E-state index in [1.807, 2.05) is 0 Å². The van der Waals surface area contributed by atoms with Crippen LogP contribution in [0.4, 0.5) is 0 Å². The maximum atomic E-state index is 12.2. The fourth-order valence-electron chi connectivity index (χ4n) is 2.93. The van der Waals surface area contributed by atoms with Crippen LogP contribution in [0.1, 0.15) is 30.9 Å². The quantitative estimate of drug-likeness (QED) is 0.725. The molecule has 0 aliphatic carbocycles. The zero-order valence-electron chi connectivity index (χ0n) is 13.0. The molecule has 0 spiro atoms. The summed E-state index contributed by atoms with van der Waals surface area (Å²) in [7, 11) is 0. The van der Waals surface area contributed by atoms with E-state index < -0.39 is 0 Å². The van der Waals surface area contributed by atoms with Crippen LogP contribution in [0.15, 0.2) is 28.2 Å². The number of halogens is 1. The van der Waals surface area contributed by atoms with Crippen LogP contribution in [0, 0.1) is 0 Å². The Balaban J connectivity index is 1.58. The third kappa shape index (κ3) is 3.06. The molecule has 3 aromatic rings. The Bertz CT molecular complexity index is 951. The number of nitrogens with one attached hydrogen (secondary N) is 1. The van der Waals surface area contributed by atoms with Crippen LogP contribution in [-0.2, 0) is 18.7 Å². The molecule has 1 aliphatic rings. The van der Waals surface area contributed by atoms with E-state index in [-0.39, 0.29) is 5.56 Å². The molecule has 0 atom stereocenters. The summed E-state index contributed by atoms with van der Waals surface area (Å²) in [5, 5.41) is 10.5. The molecule has 6 nitrogen and oxygen atoms in total. The number of aryl methyl sites for hydroxylation is 1. The normalized spacial score (nSPS) is 14.5. The third-order valence-corrected chi connectivity index (χ3v) is 5.34. The smallest absolute Gasteiger partial charge is 0.258 e. The Morgan fingerprint density at radius 1 is 1.25 bits per heavy atom. The van der Waals surface area contributed by atoms with Crippen molar-refractivity contribution in [1.29, 1.82) is 0 Å². The van der Waals surface area contributed by atoms with Crippen molar-refractivity contribution >= 4 is 34.3 Å². The summed E-state index contributed by atoms with van der Waals surface area (Å²) >= 11 is 7.49. The van der Waals surface area contributed by atoms with Crippen molar-refractivity contribution in [2.24, 2.45) is 0 Å². The number of aromatic nitrogens is 5. The Hall–Kier alpha value is -1.86. The van der Waals surface area contributed by atoms with E-state index in [0.717, 1.165) is 30.4 Å². The van der Waals surface area contributed by atoms with Gasteiger partial charge in [-0.3, -0.25) is 4.79 Å². The number of benzene rings is 1. The van der Waals surface area contributed by atoms with Gasteiger partial charge in [0.05, 0.1) is 16.7 Å². The van der Waals surface area contributed by atoms with Crippen LogP contribution in [-0.4, -0.2) is 24.7 Å². The number of fused-ring (bicyclic) bond motifs is 2. The minimum absolute atomic E-state index is 0.168. The molecule has 1 aliphatic heterocycles. The molecule has 0 bridgehead atoms. The monoisotopic (exact) mass is 361 g/mol. The standard InChI is InChI=1S/C16H16ClN5OS/c17-10-5-6-12-11(8-10)15(23)19-13(18-12)9-24-16-21-20-14-4-2-1-3-7-22(14)16/h5-6,8H,1-4,7,9H2,(H,18,19,23). The van der Waals surface area contributed by atoms with Crippen molar-refractivity contribution in [2.75, 3.05) is 0 Å². The van der Waals surface area contributed by atoms with Gasteiger partial charge >= 0.3 is 0 Å². The lowest BCUT2D eigenvalue weighted by Crippen LogP contribution is -2.11. The zero-order valence-corrected chi connectivity index (χ0v) is 14.5. The van der Waals surface area contributed by atoms with Gasteiger partial charge in [-0.1, -0.05) is 29.8 Å². The summed E-state index contributed by atoms with van der Waals surface area (Å²) in [6, 6.07) is 5.15. The second kappa shape index (κ2) is 6.57. The largest absolute Gasteiger partial charge is 0.309 e. The van der Waals surface area contributed by atoms with Crippen LogP contribution in [0.25, 0.3) is 10.9 Å². The molecule has 0 fully saturated rings. The first-order chi connectivity index (χ1) is 11.7. The van der Waals surface area contributed by atoms with Crippen molar-refractivity contribution < 1.29 is 0 Å². The first-order valence-electron chi connectivity index (χ1n) is 7.94. The van der Waals surface area contributed by atoms with Gasteiger partial charge in [0.1, 0.15) is 11.6 Å². The summed E-state index contributed by atoms with van der Waals surface area (Å²) in [6.45, 7) is 0.963. The number of thioether (sulfide) groups is 1. The first kappa shape index (κ1) is 15.7. The SMILES string of the molecule is O=c1[nH]c(CSc2nnc3n2CCCCC3)nc2ccc(Cl)cc12. The highest BCUT2D eigenvalue weighted by Crippen LogP contribution is 2.24. The lowest BCUT2D eigenvalue weighted by Gasteiger charge is -2.06. The molecular formula is C16H16ClN5OS. The highest BCUT2D eigenvalue weighted by Gasteiger charge is 2.15. The van der Waals surface area contributed by atoms with E-state index in [9.17, 15) is 4.79 Å². The molecule has 24 heavy (non-hydrogen) atoms. The molecule has 0 saturated carbocycles. The number of rotatable bonds is 3. The topological polar surface area (TPSA) is 76.5 Å². The fraction of sp³-hybridized carbons (Fsp3) is 0.375. The molecule has 3 heterocycles. The summed E-state index contributed by atoms with van der Waals surface area (Å²) in [4.78, 5) is 19.5. The van der Waals surface area contributed by atoms with Gasteiger partial charge in [-0.05, 0) is 31.0 Å². The van der Waals surface area contributed by atoms with E-state index in [2.05, 4.69) is 24.7 Å². The van der Waals surface area contributed by atoms with Crippen molar-refractivity contribution in [3.05, 3.63) is 45.2 Å². The van der Waals surface area contributed by atoms with Gasteiger partial charge in [-0.15, -0.1) is 10.2 Å². The molecular weight excluding hydrogens is 346 g/mol. The molecule has 0 radical (unpaired) electrons. The highest BCUT2D eigenvalue weighted by molar-refractivity contribution is 7.98. The van der Waals surface area contributed by atoms with E-state index >= 15 is 0 Å². The minimum Gasteiger partial charge on any atom is -0.309 e. The van der Waals surface area contributed by atoms with Gasteiger partial charge in [-0.25, -0.2) is 4.98 Å². The van der Waals surface area contributed by atoms with Crippen LogP contribution in [0.5, 0.6) is 0 Å². The number of hydrogen-bond donors (Lipinski definition) is 1. The van der Waals surface area contributed by atoms with E-state index in [1.54, 1.807) is 30.0 Å². The van der Waals surface area contributed by atoms with Crippen molar-refractivity contribution in [3.63, 3.8) is 0 Å². The van der Waals surface area contributed by atoms with Crippen LogP contribution >= 0.6 is 23.4 Å². The summed E-state index contributed by atoms with van der Waals surface area (Å²) < 4.78 is 2.19. The Morgan fingerprint density at radius 3 is 3.08 bits per heavy atom. The number of H-pyrrole nitrogens is 1. The molecule has 8 heteroatoms. The zero-order chi connectivity index (χ0) is 16.5. The van der Waals surface area contributed by atoms with Crippen molar-refractivity contribution in [1.82, 2.24) is 24.7 Å². The molecule has 124 valence electrons. The van der Waals surface area contributed by atoms with Gasteiger partial charge < -0.3 is 9.55 Å². The predicted molar refractivity (Wildman–Crippen MR) is 94.5 cm³/mol. The van der Waals surface area contributed by atoms with Gasteiger partial charge in [0.2, 0.25) is 0 Å². The Labute approximate surface area is 147 Å². The highest BCUT2D eigenvalue weighted by atomic mass is 35.5. The van der Waals surface area contributed by atoms with Crippen LogP contribution in [0.2, 0.25) is 5.02 Å². The number of aromatic amines is 1. The molecule has 1 N–H and O–H groups in total. The molecule has 0 unspecified atom stereocenters. The second-order valence-electron chi connectivity index (χ2n) is 5.82. The number of hydrogen-bond acceptors (Lipinski definition) is 5. The Kier molecular flexibility index (Phi) is 4.28. The van der Waals surface area contributed by atoms with E-state index in [4.69, 9.17) is 11.6 Å².